The van der Waals surface area contributed by atoms with Crippen LogP contribution in [0.5, 0.6) is 0 Å². The van der Waals surface area contributed by atoms with Crippen molar-refractivity contribution in [2.24, 2.45) is 0 Å². The molecule has 1 aromatic rings. The van der Waals surface area contributed by atoms with E-state index < -0.39 is 11.9 Å². The largest absolute Gasteiger partial charge is 0.481 e. The molecular weight excluding hydrogens is 248 g/mol. The molecule has 2 N–H and O–H groups in total. The molecule has 1 rings (SSSR count). The molecule has 102 valence electrons. The summed E-state index contributed by atoms with van der Waals surface area (Å²) in [6.07, 6.45) is 0.350. The van der Waals surface area contributed by atoms with Crippen molar-refractivity contribution in [3.8, 4) is 6.07 Å². The summed E-state index contributed by atoms with van der Waals surface area (Å²) in [5.41, 5.74) is 2.26. The fourth-order valence-corrected chi connectivity index (χ4v) is 1.90. The number of hydrogen-bond acceptors (Lipinski definition) is 4. The monoisotopic (exact) mass is 264 g/mol. The molecule has 0 aliphatic rings. The van der Waals surface area contributed by atoms with E-state index in [1.54, 1.807) is 13.8 Å². The average Bonchev–Trinajstić information content (AvgIpc) is 2.64. The lowest BCUT2D eigenvalue weighted by Crippen LogP contribution is -2.07. The molecule has 1 aromatic heterocycles. The molecule has 6 heteroatoms. The first kappa shape index (κ1) is 14.8. The van der Waals surface area contributed by atoms with Crippen molar-refractivity contribution < 1.29 is 19.4 Å². The number of carboxylic acids is 1. The predicted molar refractivity (Wildman–Crippen MR) is 66.8 cm³/mol. The van der Waals surface area contributed by atoms with Gasteiger partial charge in [-0.3, -0.25) is 4.79 Å². The van der Waals surface area contributed by atoms with Gasteiger partial charge in [-0.15, -0.1) is 0 Å². The highest BCUT2D eigenvalue weighted by Gasteiger charge is 2.20. The second kappa shape index (κ2) is 6.59. The van der Waals surface area contributed by atoms with Gasteiger partial charge in [0.15, 0.2) is 0 Å². The summed E-state index contributed by atoms with van der Waals surface area (Å²) in [5.74, 6) is -1.40. The van der Waals surface area contributed by atoms with Crippen LogP contribution >= 0.6 is 0 Å². The Balaban J connectivity index is 3.09. The second-order valence-electron chi connectivity index (χ2n) is 4.03. The van der Waals surface area contributed by atoms with Crippen LogP contribution in [-0.4, -0.2) is 28.6 Å². The van der Waals surface area contributed by atoms with Crippen LogP contribution in [0.2, 0.25) is 0 Å². The van der Waals surface area contributed by atoms with Crippen LogP contribution in [0.4, 0.5) is 0 Å². The number of hydrogen-bond donors (Lipinski definition) is 2. The van der Waals surface area contributed by atoms with Crippen molar-refractivity contribution in [3.05, 3.63) is 22.5 Å². The highest BCUT2D eigenvalue weighted by atomic mass is 16.5. The van der Waals surface area contributed by atoms with Crippen molar-refractivity contribution in [2.75, 3.05) is 6.61 Å². The number of rotatable bonds is 6. The first-order chi connectivity index (χ1) is 9.01. The minimum atomic E-state index is -0.916. The van der Waals surface area contributed by atoms with Crippen molar-refractivity contribution in [1.29, 1.82) is 5.26 Å². The third-order valence-electron chi connectivity index (χ3n) is 2.79. The number of carbonyl (C=O) groups excluding carboxylic acids is 1. The van der Waals surface area contributed by atoms with Crippen LogP contribution in [0.15, 0.2) is 0 Å². The van der Waals surface area contributed by atoms with Crippen molar-refractivity contribution >= 4 is 11.9 Å². The second-order valence-corrected chi connectivity index (χ2v) is 4.03. The summed E-state index contributed by atoms with van der Waals surface area (Å²) >= 11 is 0. The molecular formula is C13H16N2O4. The van der Waals surface area contributed by atoms with Crippen molar-refractivity contribution in [1.82, 2.24) is 4.98 Å². The zero-order valence-electron chi connectivity index (χ0n) is 10.9. The van der Waals surface area contributed by atoms with E-state index in [2.05, 4.69) is 4.98 Å². The van der Waals surface area contributed by atoms with Gasteiger partial charge >= 0.3 is 11.9 Å². The summed E-state index contributed by atoms with van der Waals surface area (Å²) < 4.78 is 4.91. The van der Waals surface area contributed by atoms with E-state index in [0.29, 0.717) is 22.5 Å². The van der Waals surface area contributed by atoms with Gasteiger partial charge in [0.25, 0.3) is 0 Å². The number of aromatic nitrogens is 1. The lowest BCUT2D eigenvalue weighted by Gasteiger charge is -2.02. The number of carbonyl (C=O) groups is 2. The van der Waals surface area contributed by atoms with Gasteiger partial charge in [0.1, 0.15) is 5.69 Å². The van der Waals surface area contributed by atoms with Gasteiger partial charge in [0.05, 0.1) is 19.1 Å². The van der Waals surface area contributed by atoms with E-state index in [1.165, 1.54) is 0 Å². The van der Waals surface area contributed by atoms with Crippen LogP contribution in [-0.2, 0) is 22.4 Å². The molecule has 1 heterocycles. The maximum Gasteiger partial charge on any atom is 0.355 e. The highest BCUT2D eigenvalue weighted by Crippen LogP contribution is 2.21. The van der Waals surface area contributed by atoms with Crippen molar-refractivity contribution in [3.63, 3.8) is 0 Å². The van der Waals surface area contributed by atoms with E-state index in [0.717, 1.165) is 0 Å². The molecule has 0 unspecified atom stereocenters. The van der Waals surface area contributed by atoms with E-state index in [4.69, 9.17) is 15.1 Å². The fourth-order valence-electron chi connectivity index (χ4n) is 1.90. The minimum Gasteiger partial charge on any atom is -0.481 e. The normalized spacial score (nSPS) is 9.95. The van der Waals surface area contributed by atoms with Gasteiger partial charge in [-0.05, 0) is 31.4 Å². The van der Waals surface area contributed by atoms with Gasteiger partial charge in [0.2, 0.25) is 0 Å². The number of nitrogens with one attached hydrogen (secondary N) is 1. The molecule has 0 aromatic carbocycles. The number of ether oxygens (including phenoxy) is 1. The van der Waals surface area contributed by atoms with Gasteiger partial charge in [0, 0.05) is 12.1 Å². The molecule has 0 fully saturated rings. The molecule has 0 saturated heterocycles. The van der Waals surface area contributed by atoms with E-state index in [1.807, 2.05) is 6.07 Å². The standard InChI is InChI=1S/C13H16N2O4/c1-3-19-13(18)12-8(2)9(4-5-11(16)17)10(15-12)6-7-14/h15H,3-6H2,1-2H3,(H,16,17). The number of aliphatic carboxylic acids is 1. The van der Waals surface area contributed by atoms with E-state index in [-0.39, 0.29) is 25.9 Å². The predicted octanol–water partition coefficient (Wildman–Crippen LogP) is 1.58. The molecule has 0 aliphatic carbocycles. The quantitative estimate of drug-likeness (QED) is 0.759. The van der Waals surface area contributed by atoms with Gasteiger partial charge < -0.3 is 14.8 Å². The fraction of sp³-hybridized carbons (Fsp3) is 0.462. The molecule has 0 atom stereocenters. The maximum atomic E-state index is 11.7. The number of esters is 1. The molecule has 0 saturated carbocycles. The Hall–Kier alpha value is -2.29. The summed E-state index contributed by atoms with van der Waals surface area (Å²) in [6.45, 7) is 3.69. The molecule has 0 amide bonds. The SMILES string of the molecule is CCOC(=O)c1[nH]c(CC#N)c(CCC(=O)O)c1C. The molecule has 0 radical (unpaired) electrons. The minimum absolute atomic E-state index is 0.0423. The van der Waals surface area contributed by atoms with E-state index in [9.17, 15) is 9.59 Å². The zero-order chi connectivity index (χ0) is 14.4. The summed E-state index contributed by atoms with van der Waals surface area (Å²) in [7, 11) is 0. The summed E-state index contributed by atoms with van der Waals surface area (Å²) in [6, 6.07) is 1.99. The number of nitriles is 1. The van der Waals surface area contributed by atoms with Crippen molar-refractivity contribution in [2.45, 2.75) is 33.1 Å². The summed E-state index contributed by atoms with van der Waals surface area (Å²) in [4.78, 5) is 25.2. The average molecular weight is 264 g/mol. The lowest BCUT2D eigenvalue weighted by atomic mass is 10.0. The molecule has 19 heavy (non-hydrogen) atoms. The van der Waals surface area contributed by atoms with Crippen LogP contribution < -0.4 is 0 Å². The van der Waals surface area contributed by atoms with Crippen LogP contribution in [0, 0.1) is 18.3 Å². The van der Waals surface area contributed by atoms with Crippen LogP contribution in [0.3, 0.4) is 0 Å². The Labute approximate surface area is 111 Å². The maximum absolute atomic E-state index is 11.7. The first-order valence-corrected chi connectivity index (χ1v) is 5.97. The summed E-state index contributed by atoms with van der Waals surface area (Å²) in [5, 5.41) is 17.5. The Morgan fingerprint density at radius 1 is 1.47 bits per heavy atom. The van der Waals surface area contributed by atoms with Crippen LogP contribution in [0.1, 0.15) is 40.7 Å². The first-order valence-electron chi connectivity index (χ1n) is 5.97. The van der Waals surface area contributed by atoms with Crippen LogP contribution in [0.25, 0.3) is 0 Å². The number of nitrogens with zero attached hydrogens (tertiary/aromatic N) is 1. The van der Waals surface area contributed by atoms with Gasteiger partial charge in [-0.25, -0.2) is 4.79 Å². The van der Waals surface area contributed by atoms with E-state index >= 15 is 0 Å². The lowest BCUT2D eigenvalue weighted by molar-refractivity contribution is -0.136. The smallest absolute Gasteiger partial charge is 0.355 e. The Bertz CT molecular complexity index is 525. The topological polar surface area (TPSA) is 103 Å². The Morgan fingerprint density at radius 2 is 2.16 bits per heavy atom. The molecule has 0 spiro atoms. The van der Waals surface area contributed by atoms with Gasteiger partial charge in [-0.1, -0.05) is 0 Å². The zero-order valence-corrected chi connectivity index (χ0v) is 10.9. The number of aromatic amines is 1. The Kier molecular flexibility index (Phi) is 5.12. The molecule has 6 nitrogen and oxygen atoms in total. The Morgan fingerprint density at radius 3 is 2.68 bits per heavy atom. The highest BCUT2D eigenvalue weighted by molar-refractivity contribution is 5.90. The van der Waals surface area contributed by atoms with Gasteiger partial charge in [-0.2, -0.15) is 5.26 Å². The molecule has 0 aliphatic heterocycles. The number of carboxylic acid groups (broad SMARTS) is 1. The number of H-pyrrole nitrogens is 1. The third-order valence-corrected chi connectivity index (χ3v) is 2.79. The third kappa shape index (κ3) is 3.58. The molecule has 0 bridgehead atoms.